The predicted molar refractivity (Wildman–Crippen MR) is 82.8 cm³/mol. The number of aryl methyl sites for hydroxylation is 1. The maximum Gasteiger partial charge on any atom is 0.0484 e. The van der Waals surface area contributed by atoms with Gasteiger partial charge in [0.25, 0.3) is 0 Å². The summed E-state index contributed by atoms with van der Waals surface area (Å²) in [7, 11) is 0. The lowest BCUT2D eigenvalue weighted by molar-refractivity contribution is 0.529. The summed E-state index contributed by atoms with van der Waals surface area (Å²) in [6, 6.07) is 8.64. The van der Waals surface area contributed by atoms with Crippen LogP contribution in [0.5, 0.6) is 0 Å². The summed E-state index contributed by atoms with van der Waals surface area (Å²) in [6.07, 6.45) is 4.30. The Labute approximate surface area is 117 Å². The molecule has 2 heteroatoms. The summed E-state index contributed by atoms with van der Waals surface area (Å²) < 4.78 is 1.21. The molecule has 0 aromatic heterocycles. The van der Waals surface area contributed by atoms with Crippen LogP contribution in [0.15, 0.2) is 52.3 Å². The van der Waals surface area contributed by atoms with Gasteiger partial charge in [-0.15, -0.1) is 0 Å². The Kier molecular flexibility index (Phi) is 3.72. The van der Waals surface area contributed by atoms with Gasteiger partial charge in [0.05, 0.1) is 0 Å². The number of halogens is 1. The van der Waals surface area contributed by atoms with E-state index in [-0.39, 0.29) is 0 Å². The van der Waals surface area contributed by atoms with E-state index in [0.29, 0.717) is 0 Å². The van der Waals surface area contributed by atoms with Gasteiger partial charge in [-0.05, 0) is 54.2 Å². The zero-order chi connectivity index (χ0) is 12.4. The van der Waals surface area contributed by atoms with E-state index in [1.807, 2.05) is 0 Å². The molecule has 0 fully saturated rings. The van der Waals surface area contributed by atoms with Gasteiger partial charge in [-0.1, -0.05) is 36.4 Å². The molecule has 0 radical (unpaired) electrons. The van der Waals surface area contributed by atoms with Crippen molar-refractivity contribution in [1.29, 1.82) is 0 Å². The van der Waals surface area contributed by atoms with Crippen molar-refractivity contribution in [2.75, 3.05) is 6.54 Å². The van der Waals surface area contributed by atoms with Crippen molar-refractivity contribution in [3.8, 4) is 0 Å². The molecule has 0 saturated carbocycles. The van der Waals surface area contributed by atoms with Crippen molar-refractivity contribution < 1.29 is 0 Å². The number of allylic oxidation sites excluding steroid dienone is 3. The second-order valence-corrected chi connectivity index (χ2v) is 5.29. The van der Waals surface area contributed by atoms with E-state index in [0.717, 1.165) is 12.2 Å². The molecule has 0 amide bonds. The topological polar surface area (TPSA) is 3.24 Å². The molecule has 0 atom stereocenters. The Morgan fingerprint density at radius 2 is 1.82 bits per heavy atom. The number of likely N-dealkylation sites (N-methyl/N-ethyl adjacent to an activating group) is 1. The fourth-order valence-corrected chi connectivity index (χ4v) is 2.42. The molecule has 1 nitrogen and oxygen atoms in total. The molecule has 0 spiro atoms. The number of rotatable bonds is 2. The minimum Gasteiger partial charge on any atom is -0.341 e. The van der Waals surface area contributed by atoms with Crippen LogP contribution >= 0.6 is 22.6 Å². The summed E-state index contributed by atoms with van der Waals surface area (Å²) in [5, 5.41) is 0. The lowest BCUT2D eigenvalue weighted by atomic mass is 10.1. The van der Waals surface area contributed by atoms with Crippen LogP contribution in [0.25, 0.3) is 5.70 Å². The molecular formula is C15H16IN. The van der Waals surface area contributed by atoms with Gasteiger partial charge >= 0.3 is 0 Å². The standard InChI is InChI=1S/C15H16IN/c1-4-17-12(3)14(16)9-10-15(17)13-7-5-11(2)6-8-13/h5-10H,3-4H2,1-2H3. The van der Waals surface area contributed by atoms with Crippen LogP contribution in [0, 0.1) is 6.92 Å². The van der Waals surface area contributed by atoms with Gasteiger partial charge in [-0.2, -0.15) is 0 Å². The predicted octanol–water partition coefficient (Wildman–Crippen LogP) is 4.50. The normalized spacial score (nSPS) is 15.7. The summed E-state index contributed by atoms with van der Waals surface area (Å²) in [5.74, 6) is 0. The van der Waals surface area contributed by atoms with Crippen LogP contribution in [0.4, 0.5) is 0 Å². The van der Waals surface area contributed by atoms with Gasteiger partial charge in [-0.3, -0.25) is 0 Å². The molecule has 0 N–H and O–H groups in total. The van der Waals surface area contributed by atoms with Crippen LogP contribution in [0.2, 0.25) is 0 Å². The minimum absolute atomic E-state index is 0.943. The Bertz CT molecular complexity index is 494. The van der Waals surface area contributed by atoms with E-state index < -0.39 is 0 Å². The molecule has 1 heterocycles. The van der Waals surface area contributed by atoms with Crippen molar-refractivity contribution in [2.24, 2.45) is 0 Å². The summed E-state index contributed by atoms with van der Waals surface area (Å²) in [6.45, 7) is 9.36. The van der Waals surface area contributed by atoms with E-state index in [1.54, 1.807) is 0 Å². The molecule has 0 aliphatic carbocycles. The van der Waals surface area contributed by atoms with Crippen LogP contribution in [0.1, 0.15) is 18.1 Å². The zero-order valence-electron chi connectivity index (χ0n) is 10.2. The molecule has 1 aliphatic rings. The van der Waals surface area contributed by atoms with Gasteiger partial charge in [0.2, 0.25) is 0 Å². The first kappa shape index (κ1) is 12.4. The van der Waals surface area contributed by atoms with Crippen molar-refractivity contribution in [3.05, 3.63) is 63.4 Å². The smallest absolute Gasteiger partial charge is 0.0484 e. The van der Waals surface area contributed by atoms with Gasteiger partial charge in [0.15, 0.2) is 0 Å². The highest BCUT2D eigenvalue weighted by Crippen LogP contribution is 2.33. The monoisotopic (exact) mass is 337 g/mol. The highest BCUT2D eigenvalue weighted by molar-refractivity contribution is 14.1. The highest BCUT2D eigenvalue weighted by atomic mass is 127. The van der Waals surface area contributed by atoms with E-state index in [2.05, 4.69) is 84.3 Å². The van der Waals surface area contributed by atoms with Crippen LogP contribution in [0.3, 0.4) is 0 Å². The summed E-state index contributed by atoms with van der Waals surface area (Å²) in [4.78, 5) is 2.26. The Balaban J connectivity index is 2.43. The Hall–Kier alpha value is -1.03. The number of benzene rings is 1. The van der Waals surface area contributed by atoms with E-state index >= 15 is 0 Å². The average Bonchev–Trinajstić information content (AvgIpc) is 2.34. The maximum atomic E-state index is 4.15. The highest BCUT2D eigenvalue weighted by Gasteiger charge is 2.17. The third-order valence-corrected chi connectivity index (χ3v) is 3.93. The lowest BCUT2D eigenvalue weighted by Crippen LogP contribution is -2.22. The molecule has 1 aromatic carbocycles. The van der Waals surface area contributed by atoms with Gasteiger partial charge < -0.3 is 4.90 Å². The van der Waals surface area contributed by atoms with Crippen LogP contribution in [-0.4, -0.2) is 11.4 Å². The number of hydrogen-bond donors (Lipinski definition) is 0. The molecule has 88 valence electrons. The molecule has 0 unspecified atom stereocenters. The van der Waals surface area contributed by atoms with E-state index in [1.165, 1.54) is 20.4 Å². The SMILES string of the molecule is C=C1C(I)=CC=C(c2ccc(C)cc2)N1CC. The average molecular weight is 337 g/mol. The number of hydrogen-bond acceptors (Lipinski definition) is 1. The lowest BCUT2D eigenvalue weighted by Gasteiger charge is -2.30. The van der Waals surface area contributed by atoms with Crippen LogP contribution < -0.4 is 0 Å². The van der Waals surface area contributed by atoms with E-state index in [9.17, 15) is 0 Å². The molecule has 1 aromatic rings. The molecule has 1 aliphatic heterocycles. The quantitative estimate of drug-likeness (QED) is 0.718. The second kappa shape index (κ2) is 5.08. The first-order valence-corrected chi connectivity index (χ1v) is 6.82. The summed E-state index contributed by atoms with van der Waals surface area (Å²) >= 11 is 2.33. The molecule has 0 saturated heterocycles. The van der Waals surface area contributed by atoms with Gasteiger partial charge in [0, 0.05) is 21.5 Å². The second-order valence-electron chi connectivity index (χ2n) is 4.12. The molecule has 17 heavy (non-hydrogen) atoms. The Morgan fingerprint density at radius 1 is 1.18 bits per heavy atom. The van der Waals surface area contributed by atoms with Crippen LogP contribution in [-0.2, 0) is 0 Å². The fraction of sp³-hybridized carbons (Fsp3) is 0.200. The molecule has 2 rings (SSSR count). The fourth-order valence-electron chi connectivity index (χ4n) is 1.95. The summed E-state index contributed by atoms with van der Waals surface area (Å²) in [5.41, 5.74) is 4.86. The minimum atomic E-state index is 0.943. The Morgan fingerprint density at radius 3 is 2.41 bits per heavy atom. The van der Waals surface area contributed by atoms with Crippen molar-refractivity contribution in [3.63, 3.8) is 0 Å². The zero-order valence-corrected chi connectivity index (χ0v) is 12.4. The third-order valence-electron chi connectivity index (χ3n) is 2.94. The number of nitrogens with zero attached hydrogens (tertiary/aromatic N) is 1. The maximum absolute atomic E-state index is 4.15. The van der Waals surface area contributed by atoms with E-state index in [4.69, 9.17) is 0 Å². The largest absolute Gasteiger partial charge is 0.341 e. The third kappa shape index (κ3) is 2.46. The van der Waals surface area contributed by atoms with Gasteiger partial charge in [0.1, 0.15) is 0 Å². The molecular weight excluding hydrogens is 321 g/mol. The molecule has 0 bridgehead atoms. The van der Waals surface area contributed by atoms with Crippen molar-refractivity contribution >= 4 is 28.3 Å². The van der Waals surface area contributed by atoms with Crippen molar-refractivity contribution in [2.45, 2.75) is 13.8 Å². The first-order valence-electron chi connectivity index (χ1n) is 5.75. The first-order chi connectivity index (χ1) is 8.13. The van der Waals surface area contributed by atoms with Crippen molar-refractivity contribution in [1.82, 2.24) is 4.90 Å². The van der Waals surface area contributed by atoms with Gasteiger partial charge in [-0.25, -0.2) is 0 Å².